The topological polar surface area (TPSA) is 23.8 Å². The van der Waals surface area contributed by atoms with E-state index in [9.17, 15) is 5.26 Å². The third-order valence-corrected chi connectivity index (χ3v) is 3.97. The second-order valence-electron chi connectivity index (χ2n) is 4.67. The molecule has 1 aliphatic carbocycles. The van der Waals surface area contributed by atoms with E-state index in [4.69, 9.17) is 23.2 Å². The Kier molecular flexibility index (Phi) is 3.15. The maximum absolute atomic E-state index is 9.44. The highest BCUT2D eigenvalue weighted by Gasteiger charge is 2.40. The third-order valence-electron chi connectivity index (χ3n) is 3.42. The van der Waals surface area contributed by atoms with Gasteiger partial charge in [-0.25, -0.2) is 0 Å². The van der Waals surface area contributed by atoms with Crippen LogP contribution in [0.3, 0.4) is 0 Å². The first-order valence-corrected chi connectivity index (χ1v) is 6.20. The molecule has 1 fully saturated rings. The molecule has 2 unspecified atom stereocenters. The van der Waals surface area contributed by atoms with E-state index in [-0.39, 0.29) is 0 Å². The molecule has 0 N–H and O–H groups in total. The van der Waals surface area contributed by atoms with Crippen molar-refractivity contribution >= 4 is 23.2 Å². The maximum atomic E-state index is 9.44. The molecule has 0 aliphatic heterocycles. The van der Waals surface area contributed by atoms with Gasteiger partial charge in [0.2, 0.25) is 0 Å². The van der Waals surface area contributed by atoms with E-state index >= 15 is 0 Å². The number of benzene rings is 1. The predicted molar refractivity (Wildman–Crippen MR) is 66.8 cm³/mol. The van der Waals surface area contributed by atoms with Gasteiger partial charge in [0.1, 0.15) is 0 Å². The summed E-state index contributed by atoms with van der Waals surface area (Å²) in [5, 5.41) is 10.7. The van der Waals surface area contributed by atoms with E-state index in [0.29, 0.717) is 16.0 Å². The predicted octanol–water partition coefficient (Wildman–Crippen LogP) is 4.57. The molecule has 1 aromatic carbocycles. The van der Waals surface area contributed by atoms with Crippen LogP contribution in [0.15, 0.2) is 18.2 Å². The summed E-state index contributed by atoms with van der Waals surface area (Å²) in [5.74, 6) is 0.589. The highest BCUT2D eigenvalue weighted by Crippen LogP contribution is 2.46. The highest BCUT2D eigenvalue weighted by atomic mass is 35.5. The molecule has 2 rings (SSSR count). The summed E-state index contributed by atoms with van der Waals surface area (Å²) in [6, 6.07) is 7.88. The molecule has 1 aliphatic rings. The Morgan fingerprint density at radius 1 is 1.44 bits per heavy atom. The normalized spacial score (nSPS) is 29.0. The minimum Gasteiger partial charge on any atom is -0.197 e. The van der Waals surface area contributed by atoms with E-state index in [1.807, 2.05) is 12.1 Å². The fourth-order valence-corrected chi connectivity index (χ4v) is 3.17. The number of hydrogen-bond donors (Lipinski definition) is 0. The van der Waals surface area contributed by atoms with Gasteiger partial charge in [0.25, 0.3) is 0 Å². The Hall–Kier alpha value is -0.710. The van der Waals surface area contributed by atoms with Crippen molar-refractivity contribution in [3.05, 3.63) is 33.8 Å². The van der Waals surface area contributed by atoms with Crippen LogP contribution in [0, 0.1) is 17.2 Å². The Morgan fingerprint density at radius 2 is 2.19 bits per heavy atom. The molecule has 1 saturated carbocycles. The lowest BCUT2D eigenvalue weighted by atomic mass is 9.80. The number of rotatable bonds is 1. The van der Waals surface area contributed by atoms with Crippen LogP contribution >= 0.6 is 23.2 Å². The summed E-state index contributed by atoms with van der Waals surface area (Å²) in [6.45, 7) is 2.18. The zero-order chi connectivity index (χ0) is 11.8. The van der Waals surface area contributed by atoms with Crippen molar-refractivity contribution in [3.8, 4) is 6.07 Å². The van der Waals surface area contributed by atoms with Crippen LogP contribution in [0.25, 0.3) is 0 Å². The lowest BCUT2D eigenvalue weighted by molar-refractivity contribution is 0.531. The van der Waals surface area contributed by atoms with Gasteiger partial charge in [-0.2, -0.15) is 5.26 Å². The summed E-state index contributed by atoms with van der Waals surface area (Å²) in [6.07, 6.45) is 2.88. The molecule has 0 spiro atoms. The van der Waals surface area contributed by atoms with Crippen molar-refractivity contribution < 1.29 is 0 Å². The van der Waals surface area contributed by atoms with E-state index in [1.54, 1.807) is 6.07 Å². The molecule has 1 aromatic rings. The smallest absolute Gasteiger partial charge is 0.0839 e. The fraction of sp³-hybridized carbons (Fsp3) is 0.462. The zero-order valence-electron chi connectivity index (χ0n) is 9.13. The van der Waals surface area contributed by atoms with Crippen LogP contribution in [0.1, 0.15) is 31.7 Å². The molecule has 0 amide bonds. The molecule has 1 nitrogen and oxygen atoms in total. The fourth-order valence-electron chi connectivity index (χ4n) is 2.58. The average Bonchev–Trinajstić information content (AvgIpc) is 2.61. The van der Waals surface area contributed by atoms with Crippen molar-refractivity contribution in [2.24, 2.45) is 5.92 Å². The SMILES string of the molecule is CC1CCC(C#N)(c2ccc(Cl)cc2Cl)C1. The lowest BCUT2D eigenvalue weighted by Gasteiger charge is -2.22. The van der Waals surface area contributed by atoms with Crippen molar-refractivity contribution in [1.29, 1.82) is 5.26 Å². The molecule has 84 valence electrons. The summed E-state index contributed by atoms with van der Waals surface area (Å²) >= 11 is 12.1. The van der Waals surface area contributed by atoms with Gasteiger partial charge in [0, 0.05) is 10.0 Å². The standard InChI is InChI=1S/C13H13Cl2N/c1-9-4-5-13(7-9,8-16)11-3-2-10(14)6-12(11)15/h2-3,6,9H,4-5,7H2,1H3. The molecule has 2 atom stereocenters. The Morgan fingerprint density at radius 3 is 2.69 bits per heavy atom. The summed E-state index contributed by atoms with van der Waals surface area (Å²) < 4.78 is 0. The quantitative estimate of drug-likeness (QED) is 0.719. The summed E-state index contributed by atoms with van der Waals surface area (Å²) in [7, 11) is 0. The largest absolute Gasteiger partial charge is 0.197 e. The van der Waals surface area contributed by atoms with E-state index in [1.165, 1.54) is 0 Å². The molecule has 0 radical (unpaired) electrons. The van der Waals surface area contributed by atoms with Crippen molar-refractivity contribution in [3.63, 3.8) is 0 Å². The monoisotopic (exact) mass is 253 g/mol. The minimum atomic E-state index is -0.402. The van der Waals surface area contributed by atoms with Gasteiger partial charge in [-0.3, -0.25) is 0 Å². The van der Waals surface area contributed by atoms with Crippen molar-refractivity contribution in [1.82, 2.24) is 0 Å². The molecular formula is C13H13Cl2N. The van der Waals surface area contributed by atoms with Crippen molar-refractivity contribution in [2.45, 2.75) is 31.6 Å². The lowest BCUT2D eigenvalue weighted by Crippen LogP contribution is -2.20. The van der Waals surface area contributed by atoms with Crippen LogP contribution in [-0.2, 0) is 5.41 Å². The zero-order valence-corrected chi connectivity index (χ0v) is 10.6. The first kappa shape index (κ1) is 11.8. The molecule has 3 heteroatoms. The number of hydrogen-bond acceptors (Lipinski definition) is 1. The molecular weight excluding hydrogens is 241 g/mol. The summed E-state index contributed by atoms with van der Waals surface area (Å²) in [4.78, 5) is 0. The van der Waals surface area contributed by atoms with Crippen LogP contribution < -0.4 is 0 Å². The van der Waals surface area contributed by atoms with E-state index < -0.39 is 5.41 Å². The first-order chi connectivity index (χ1) is 7.57. The van der Waals surface area contributed by atoms with Gasteiger partial charge >= 0.3 is 0 Å². The molecule has 0 saturated heterocycles. The second kappa shape index (κ2) is 4.28. The Labute approximate surface area is 106 Å². The van der Waals surface area contributed by atoms with Gasteiger partial charge in [-0.05, 0) is 42.9 Å². The van der Waals surface area contributed by atoms with Crippen LogP contribution in [0.4, 0.5) is 0 Å². The number of halogens is 2. The van der Waals surface area contributed by atoms with Gasteiger partial charge in [-0.15, -0.1) is 0 Å². The van der Waals surface area contributed by atoms with Crippen LogP contribution in [0.2, 0.25) is 10.0 Å². The van der Waals surface area contributed by atoms with Gasteiger partial charge in [0.05, 0.1) is 11.5 Å². The first-order valence-electron chi connectivity index (χ1n) is 5.44. The van der Waals surface area contributed by atoms with Gasteiger partial charge in [-0.1, -0.05) is 36.2 Å². The van der Waals surface area contributed by atoms with Crippen LogP contribution in [-0.4, -0.2) is 0 Å². The van der Waals surface area contributed by atoms with E-state index in [0.717, 1.165) is 24.8 Å². The molecule has 16 heavy (non-hydrogen) atoms. The Bertz CT molecular complexity index is 450. The van der Waals surface area contributed by atoms with E-state index in [2.05, 4.69) is 13.0 Å². The Balaban J connectivity index is 2.46. The highest BCUT2D eigenvalue weighted by molar-refractivity contribution is 6.35. The van der Waals surface area contributed by atoms with Crippen LogP contribution in [0.5, 0.6) is 0 Å². The van der Waals surface area contributed by atoms with Gasteiger partial charge < -0.3 is 0 Å². The maximum Gasteiger partial charge on any atom is 0.0839 e. The number of nitriles is 1. The minimum absolute atomic E-state index is 0.402. The third kappa shape index (κ3) is 1.93. The second-order valence-corrected chi connectivity index (χ2v) is 5.51. The molecule has 0 aromatic heterocycles. The number of nitrogens with zero attached hydrogens (tertiary/aromatic N) is 1. The molecule has 0 bridgehead atoms. The van der Waals surface area contributed by atoms with Gasteiger partial charge in [0.15, 0.2) is 0 Å². The van der Waals surface area contributed by atoms with Crippen molar-refractivity contribution in [2.75, 3.05) is 0 Å². The summed E-state index contributed by atoms with van der Waals surface area (Å²) in [5.41, 5.74) is 0.534. The average molecular weight is 254 g/mol. The molecule has 0 heterocycles.